The maximum Gasteiger partial charge on any atom is 0.228 e. The van der Waals surface area contributed by atoms with Crippen LogP contribution in [0.2, 0.25) is 0 Å². The topological polar surface area (TPSA) is 106 Å². The van der Waals surface area contributed by atoms with E-state index >= 15 is 0 Å². The standard InChI is InChI=1S/C11H19N5O2/c1-4-7(5-2)11(17)14-10-8(9(12)15-18)6-13-16(10)3/h6-7,18H,4-5H2,1-3H3,(H2,12,15)(H,14,17). The maximum absolute atomic E-state index is 12.0. The number of hydrogen-bond acceptors (Lipinski definition) is 4. The molecule has 0 atom stereocenters. The Morgan fingerprint density at radius 2 is 2.22 bits per heavy atom. The molecule has 0 unspecified atom stereocenters. The molecule has 1 amide bonds. The number of carbonyl (C=O) groups excluding carboxylic acids is 1. The van der Waals surface area contributed by atoms with E-state index in [1.165, 1.54) is 10.9 Å². The van der Waals surface area contributed by atoms with Crippen molar-refractivity contribution in [1.82, 2.24) is 9.78 Å². The summed E-state index contributed by atoms with van der Waals surface area (Å²) >= 11 is 0. The van der Waals surface area contributed by atoms with Gasteiger partial charge in [0, 0.05) is 13.0 Å². The number of oxime groups is 1. The van der Waals surface area contributed by atoms with Gasteiger partial charge in [-0.2, -0.15) is 5.10 Å². The smallest absolute Gasteiger partial charge is 0.228 e. The number of nitrogens with one attached hydrogen (secondary N) is 1. The lowest BCUT2D eigenvalue weighted by Gasteiger charge is -2.13. The largest absolute Gasteiger partial charge is 0.409 e. The minimum absolute atomic E-state index is 0.0555. The molecule has 0 bridgehead atoms. The summed E-state index contributed by atoms with van der Waals surface area (Å²) in [5, 5.41) is 18.3. The van der Waals surface area contributed by atoms with Gasteiger partial charge < -0.3 is 16.3 Å². The molecule has 0 spiro atoms. The van der Waals surface area contributed by atoms with Gasteiger partial charge in [-0.05, 0) is 12.8 Å². The van der Waals surface area contributed by atoms with Crippen molar-refractivity contribution in [2.75, 3.05) is 5.32 Å². The molecule has 1 heterocycles. The monoisotopic (exact) mass is 253 g/mol. The Hall–Kier alpha value is -2.05. The number of nitrogens with zero attached hydrogens (tertiary/aromatic N) is 3. The molecule has 7 heteroatoms. The second-order valence-electron chi connectivity index (χ2n) is 4.02. The highest BCUT2D eigenvalue weighted by atomic mass is 16.4. The molecule has 0 fully saturated rings. The Kier molecular flexibility index (Phi) is 4.70. The lowest BCUT2D eigenvalue weighted by molar-refractivity contribution is -0.120. The average Bonchev–Trinajstić information content (AvgIpc) is 2.72. The lowest BCUT2D eigenvalue weighted by atomic mass is 10.0. The quantitative estimate of drug-likeness (QED) is 0.313. The molecule has 0 aliphatic carbocycles. The molecule has 0 aliphatic rings. The fourth-order valence-electron chi connectivity index (χ4n) is 1.71. The second kappa shape index (κ2) is 6.04. The van der Waals surface area contributed by atoms with Crippen LogP contribution in [-0.4, -0.2) is 26.7 Å². The molecular weight excluding hydrogens is 234 g/mol. The molecule has 0 aromatic carbocycles. The lowest BCUT2D eigenvalue weighted by Crippen LogP contribution is -2.25. The van der Waals surface area contributed by atoms with Crippen LogP contribution in [0.1, 0.15) is 32.3 Å². The first-order chi connectivity index (χ1) is 8.54. The highest BCUT2D eigenvalue weighted by Gasteiger charge is 2.19. The Balaban J connectivity index is 2.97. The van der Waals surface area contributed by atoms with E-state index in [0.717, 1.165) is 12.8 Å². The third-order valence-electron chi connectivity index (χ3n) is 2.92. The third kappa shape index (κ3) is 2.79. The SMILES string of the molecule is CCC(CC)C(=O)Nc1c(C(N)=NO)cnn1C. The zero-order valence-corrected chi connectivity index (χ0v) is 10.8. The first-order valence-corrected chi connectivity index (χ1v) is 5.85. The predicted molar refractivity (Wildman–Crippen MR) is 68.4 cm³/mol. The van der Waals surface area contributed by atoms with E-state index in [2.05, 4.69) is 15.6 Å². The van der Waals surface area contributed by atoms with Crippen molar-refractivity contribution in [2.24, 2.45) is 23.9 Å². The summed E-state index contributed by atoms with van der Waals surface area (Å²) in [7, 11) is 1.68. The van der Waals surface area contributed by atoms with Crippen LogP contribution < -0.4 is 11.1 Å². The number of rotatable bonds is 5. The van der Waals surface area contributed by atoms with Gasteiger partial charge in [0.05, 0.1) is 11.8 Å². The number of anilines is 1. The Morgan fingerprint density at radius 1 is 1.61 bits per heavy atom. The van der Waals surface area contributed by atoms with Crippen LogP contribution in [0.5, 0.6) is 0 Å². The number of nitrogens with two attached hydrogens (primary N) is 1. The first kappa shape index (κ1) is 14.0. The van der Waals surface area contributed by atoms with E-state index < -0.39 is 0 Å². The van der Waals surface area contributed by atoms with Crippen LogP contribution in [0.25, 0.3) is 0 Å². The van der Waals surface area contributed by atoms with E-state index in [1.54, 1.807) is 7.05 Å². The highest BCUT2D eigenvalue weighted by molar-refractivity contribution is 6.04. The fourth-order valence-corrected chi connectivity index (χ4v) is 1.71. The van der Waals surface area contributed by atoms with Gasteiger partial charge in [-0.15, -0.1) is 0 Å². The van der Waals surface area contributed by atoms with Gasteiger partial charge >= 0.3 is 0 Å². The highest BCUT2D eigenvalue weighted by Crippen LogP contribution is 2.17. The van der Waals surface area contributed by atoms with Crippen molar-refractivity contribution in [3.8, 4) is 0 Å². The summed E-state index contributed by atoms with van der Waals surface area (Å²) in [5.74, 6) is 0.209. The van der Waals surface area contributed by atoms with E-state index in [-0.39, 0.29) is 17.7 Å². The van der Waals surface area contributed by atoms with E-state index in [1.807, 2.05) is 13.8 Å². The van der Waals surface area contributed by atoms with Gasteiger partial charge in [0.1, 0.15) is 5.82 Å². The van der Waals surface area contributed by atoms with Crippen LogP contribution in [0.4, 0.5) is 5.82 Å². The summed E-state index contributed by atoms with van der Waals surface area (Å²) in [6.45, 7) is 3.92. The van der Waals surface area contributed by atoms with Gasteiger partial charge in [-0.25, -0.2) is 0 Å². The molecule has 0 aliphatic heterocycles. The van der Waals surface area contributed by atoms with Gasteiger partial charge in [0.15, 0.2) is 5.84 Å². The number of aryl methyl sites for hydroxylation is 1. The second-order valence-corrected chi connectivity index (χ2v) is 4.02. The van der Waals surface area contributed by atoms with Crippen LogP contribution in [0.15, 0.2) is 11.4 Å². The molecule has 100 valence electrons. The summed E-state index contributed by atoms with van der Waals surface area (Å²) in [4.78, 5) is 12.0. The summed E-state index contributed by atoms with van der Waals surface area (Å²) in [6, 6.07) is 0. The van der Waals surface area contributed by atoms with Crippen LogP contribution in [0.3, 0.4) is 0 Å². The zero-order chi connectivity index (χ0) is 13.7. The molecule has 4 N–H and O–H groups in total. The van der Waals surface area contributed by atoms with Crippen LogP contribution in [0, 0.1) is 5.92 Å². The Bertz CT molecular complexity index is 448. The minimum Gasteiger partial charge on any atom is -0.409 e. The summed E-state index contributed by atoms with van der Waals surface area (Å²) in [5.41, 5.74) is 5.92. The zero-order valence-electron chi connectivity index (χ0n) is 10.8. The van der Waals surface area contributed by atoms with Crippen molar-refractivity contribution in [3.05, 3.63) is 11.8 Å². The summed E-state index contributed by atoms with van der Waals surface area (Å²) < 4.78 is 1.48. The summed E-state index contributed by atoms with van der Waals surface area (Å²) in [6.07, 6.45) is 2.97. The van der Waals surface area contributed by atoms with Crippen molar-refractivity contribution in [3.63, 3.8) is 0 Å². The Labute approximate surface area is 106 Å². The number of hydrogen-bond donors (Lipinski definition) is 3. The van der Waals surface area contributed by atoms with Crippen molar-refractivity contribution in [2.45, 2.75) is 26.7 Å². The molecule has 0 saturated carbocycles. The third-order valence-corrected chi connectivity index (χ3v) is 2.92. The van der Waals surface area contributed by atoms with Gasteiger partial charge in [0.2, 0.25) is 5.91 Å². The molecule has 1 rings (SSSR count). The molecule has 1 aromatic heterocycles. The number of aromatic nitrogens is 2. The molecule has 0 saturated heterocycles. The van der Waals surface area contributed by atoms with Gasteiger partial charge in [0.25, 0.3) is 0 Å². The molecule has 1 aromatic rings. The number of amides is 1. The first-order valence-electron chi connectivity index (χ1n) is 5.85. The van der Waals surface area contributed by atoms with Crippen molar-refractivity contribution in [1.29, 1.82) is 0 Å². The molecule has 7 nitrogen and oxygen atoms in total. The fraction of sp³-hybridized carbons (Fsp3) is 0.545. The van der Waals surface area contributed by atoms with Crippen LogP contribution >= 0.6 is 0 Å². The molecule has 0 radical (unpaired) electrons. The van der Waals surface area contributed by atoms with Gasteiger partial charge in [-0.1, -0.05) is 19.0 Å². The maximum atomic E-state index is 12.0. The van der Waals surface area contributed by atoms with E-state index in [9.17, 15) is 4.79 Å². The van der Waals surface area contributed by atoms with Crippen LogP contribution in [-0.2, 0) is 11.8 Å². The predicted octanol–water partition coefficient (Wildman–Crippen LogP) is 0.889. The Morgan fingerprint density at radius 3 is 2.72 bits per heavy atom. The molecular formula is C11H19N5O2. The van der Waals surface area contributed by atoms with E-state index in [4.69, 9.17) is 10.9 Å². The van der Waals surface area contributed by atoms with Gasteiger partial charge in [-0.3, -0.25) is 9.48 Å². The molecule has 18 heavy (non-hydrogen) atoms. The minimum atomic E-state index is -0.0874. The normalized spacial score (nSPS) is 11.9. The van der Waals surface area contributed by atoms with Crippen molar-refractivity contribution >= 4 is 17.6 Å². The number of carbonyl (C=O) groups is 1. The van der Waals surface area contributed by atoms with Crippen molar-refractivity contribution < 1.29 is 10.0 Å². The average molecular weight is 253 g/mol. The van der Waals surface area contributed by atoms with E-state index in [0.29, 0.717) is 11.4 Å². The number of amidine groups is 1.